The summed E-state index contributed by atoms with van der Waals surface area (Å²) in [6, 6.07) is 16.0. The first-order valence-electron chi connectivity index (χ1n) is 11.2. The molecule has 0 bridgehead atoms. The minimum Gasteiger partial charge on any atom is -0.317 e. The second-order valence-corrected chi connectivity index (χ2v) is 8.24. The molecule has 2 aromatic carbocycles. The number of hydrogen-bond acceptors (Lipinski definition) is 6. The van der Waals surface area contributed by atoms with E-state index in [1.54, 1.807) is 7.05 Å². The van der Waals surface area contributed by atoms with Gasteiger partial charge in [0.1, 0.15) is 5.82 Å². The lowest BCUT2D eigenvalue weighted by atomic mass is 9.98. The molecule has 35 heavy (non-hydrogen) atoms. The minimum atomic E-state index is -0.394. The molecule has 3 aromatic heterocycles. The van der Waals surface area contributed by atoms with E-state index in [0.29, 0.717) is 30.0 Å². The second kappa shape index (κ2) is 8.98. The van der Waals surface area contributed by atoms with Crippen molar-refractivity contribution in [2.45, 2.75) is 19.9 Å². The number of hydrogen-bond donors (Lipinski definition) is 1. The zero-order valence-electron chi connectivity index (χ0n) is 19.6. The first kappa shape index (κ1) is 22.2. The minimum absolute atomic E-state index is 0.354. The number of aryl methyl sites for hydroxylation is 1. The highest BCUT2D eigenvalue weighted by Gasteiger charge is 2.19. The van der Waals surface area contributed by atoms with Gasteiger partial charge in [0.2, 0.25) is 5.82 Å². The average Bonchev–Trinajstić information content (AvgIpc) is 3.54. The van der Waals surface area contributed by atoms with Gasteiger partial charge in [-0.15, -0.1) is 10.2 Å². The third kappa shape index (κ3) is 3.88. The quantitative estimate of drug-likeness (QED) is 0.383. The lowest BCUT2D eigenvalue weighted by Crippen LogP contribution is -2.37. The van der Waals surface area contributed by atoms with Crippen LogP contribution in [0.25, 0.3) is 33.7 Å². The van der Waals surface area contributed by atoms with E-state index in [4.69, 9.17) is 0 Å². The molecule has 0 atom stereocenters. The lowest BCUT2D eigenvalue weighted by molar-refractivity contribution is 0.701. The summed E-state index contributed by atoms with van der Waals surface area (Å²) in [7, 11) is 3.12. The van der Waals surface area contributed by atoms with Crippen LogP contribution >= 0.6 is 0 Å². The molecule has 0 aliphatic rings. The fourth-order valence-electron chi connectivity index (χ4n) is 4.22. The van der Waals surface area contributed by atoms with Gasteiger partial charge in [0.25, 0.3) is 5.56 Å². The summed E-state index contributed by atoms with van der Waals surface area (Å²) in [6.45, 7) is 2.39. The number of allylic oxidation sites excluding steroid dienone is 2. The third-order valence-corrected chi connectivity index (χ3v) is 6.08. The van der Waals surface area contributed by atoms with Crippen LogP contribution in [0.5, 0.6) is 0 Å². The summed E-state index contributed by atoms with van der Waals surface area (Å²) in [5.41, 5.74) is 3.95. The van der Waals surface area contributed by atoms with E-state index < -0.39 is 5.69 Å². The van der Waals surface area contributed by atoms with Crippen LogP contribution in [-0.2, 0) is 27.1 Å². The summed E-state index contributed by atoms with van der Waals surface area (Å²) in [5, 5.41) is 14.4. The Morgan fingerprint density at radius 1 is 0.971 bits per heavy atom. The number of aromatic amines is 1. The SMILES string of the molecule is C/C=C/Cc1nc2c(c(=O)n(C)c(=O)n2C)n1Cc1ccc(-c2ccccc2-c2nn[nH]n2)cc1. The topological polar surface area (TPSA) is 116 Å². The van der Waals surface area contributed by atoms with Crippen LogP contribution in [0.2, 0.25) is 0 Å². The predicted octanol–water partition coefficient (Wildman–Crippen LogP) is 2.45. The molecule has 0 aliphatic carbocycles. The summed E-state index contributed by atoms with van der Waals surface area (Å²) >= 11 is 0. The lowest BCUT2D eigenvalue weighted by Gasteiger charge is -2.11. The van der Waals surface area contributed by atoms with E-state index in [2.05, 4.69) is 25.6 Å². The average molecular weight is 469 g/mol. The van der Waals surface area contributed by atoms with Crippen LogP contribution in [0.15, 0.2) is 70.3 Å². The van der Waals surface area contributed by atoms with Crippen LogP contribution < -0.4 is 11.2 Å². The van der Waals surface area contributed by atoms with Crippen molar-refractivity contribution in [2.75, 3.05) is 0 Å². The van der Waals surface area contributed by atoms with E-state index in [1.807, 2.05) is 72.2 Å². The number of nitrogens with zero attached hydrogens (tertiary/aromatic N) is 7. The fourth-order valence-corrected chi connectivity index (χ4v) is 4.22. The van der Waals surface area contributed by atoms with Gasteiger partial charge in [0, 0.05) is 32.6 Å². The van der Waals surface area contributed by atoms with E-state index in [-0.39, 0.29) is 5.56 Å². The zero-order valence-corrected chi connectivity index (χ0v) is 19.6. The van der Waals surface area contributed by atoms with Crippen molar-refractivity contribution in [1.82, 2.24) is 39.3 Å². The number of fused-ring (bicyclic) bond motifs is 1. The number of aromatic nitrogens is 8. The predicted molar refractivity (Wildman–Crippen MR) is 133 cm³/mol. The Bertz CT molecular complexity index is 1660. The molecule has 0 radical (unpaired) electrons. The van der Waals surface area contributed by atoms with Crippen molar-refractivity contribution < 1.29 is 0 Å². The van der Waals surface area contributed by atoms with Crippen molar-refractivity contribution in [2.24, 2.45) is 14.1 Å². The summed E-state index contributed by atoms with van der Waals surface area (Å²) < 4.78 is 4.45. The highest BCUT2D eigenvalue weighted by molar-refractivity contribution is 5.80. The molecule has 5 aromatic rings. The smallest absolute Gasteiger partial charge is 0.317 e. The maximum absolute atomic E-state index is 13.0. The Morgan fingerprint density at radius 2 is 1.71 bits per heavy atom. The number of tetrazole rings is 1. The first-order chi connectivity index (χ1) is 17.0. The molecule has 0 saturated heterocycles. The molecule has 10 heteroatoms. The van der Waals surface area contributed by atoms with Crippen molar-refractivity contribution in [3.63, 3.8) is 0 Å². The molecule has 0 unspecified atom stereocenters. The molecule has 0 saturated carbocycles. The number of benzene rings is 2. The molecule has 0 aliphatic heterocycles. The Labute approximate surface area is 200 Å². The van der Waals surface area contributed by atoms with Gasteiger partial charge in [-0.2, -0.15) is 5.21 Å². The number of nitrogens with one attached hydrogen (secondary N) is 1. The normalized spacial score (nSPS) is 11.6. The second-order valence-electron chi connectivity index (χ2n) is 8.24. The van der Waals surface area contributed by atoms with E-state index in [9.17, 15) is 9.59 Å². The van der Waals surface area contributed by atoms with Crippen molar-refractivity contribution in [3.05, 3.63) is 92.9 Å². The fraction of sp³-hybridized carbons (Fsp3) is 0.200. The number of imidazole rings is 1. The van der Waals surface area contributed by atoms with Gasteiger partial charge in [0.15, 0.2) is 11.2 Å². The van der Waals surface area contributed by atoms with Crippen LogP contribution in [0.4, 0.5) is 0 Å². The van der Waals surface area contributed by atoms with Crippen molar-refractivity contribution >= 4 is 11.2 Å². The van der Waals surface area contributed by atoms with Gasteiger partial charge in [-0.05, 0) is 28.8 Å². The molecule has 1 N–H and O–H groups in total. The van der Waals surface area contributed by atoms with Crippen LogP contribution in [-0.4, -0.2) is 39.3 Å². The molecule has 0 amide bonds. The Kier molecular flexibility index (Phi) is 5.69. The van der Waals surface area contributed by atoms with Crippen molar-refractivity contribution in [1.29, 1.82) is 0 Å². The molecular weight excluding hydrogens is 444 g/mol. The maximum Gasteiger partial charge on any atom is 0.332 e. The zero-order chi connectivity index (χ0) is 24.5. The van der Waals surface area contributed by atoms with Gasteiger partial charge in [-0.25, -0.2) is 9.78 Å². The summed E-state index contributed by atoms with van der Waals surface area (Å²) in [6.07, 6.45) is 4.48. The molecule has 3 heterocycles. The Morgan fingerprint density at radius 3 is 2.40 bits per heavy atom. The van der Waals surface area contributed by atoms with Gasteiger partial charge in [0.05, 0.1) is 0 Å². The number of rotatable bonds is 6. The van der Waals surface area contributed by atoms with E-state index in [0.717, 1.165) is 32.6 Å². The van der Waals surface area contributed by atoms with Gasteiger partial charge >= 0.3 is 5.69 Å². The van der Waals surface area contributed by atoms with Crippen LogP contribution in [0.1, 0.15) is 18.3 Å². The monoisotopic (exact) mass is 468 g/mol. The van der Waals surface area contributed by atoms with E-state index >= 15 is 0 Å². The van der Waals surface area contributed by atoms with E-state index in [1.165, 1.54) is 11.6 Å². The standard InChI is InChI=1S/C25H24N8O2/c1-4-5-10-20-26-23-21(24(34)32(3)25(35)31(23)2)33(20)15-16-11-13-17(14-12-16)18-8-6-7-9-19(18)22-27-29-30-28-22/h4-9,11-14H,10,15H2,1-3H3,(H,27,28,29,30)/b5-4+. The van der Waals surface area contributed by atoms with Crippen molar-refractivity contribution in [3.8, 4) is 22.5 Å². The van der Waals surface area contributed by atoms with Crippen LogP contribution in [0.3, 0.4) is 0 Å². The highest BCUT2D eigenvalue weighted by atomic mass is 16.2. The molecule has 0 fully saturated rings. The summed E-state index contributed by atoms with van der Waals surface area (Å²) in [4.78, 5) is 30.1. The van der Waals surface area contributed by atoms with Gasteiger partial charge in [-0.3, -0.25) is 13.9 Å². The first-order valence-corrected chi connectivity index (χ1v) is 11.2. The molecule has 0 spiro atoms. The van der Waals surface area contributed by atoms with Crippen LogP contribution in [0, 0.1) is 0 Å². The molecule has 176 valence electrons. The Hall–Kier alpha value is -4.60. The number of H-pyrrole nitrogens is 1. The third-order valence-electron chi connectivity index (χ3n) is 6.08. The Balaban J connectivity index is 1.57. The summed E-state index contributed by atoms with van der Waals surface area (Å²) in [5.74, 6) is 1.26. The molecular formula is C25H24N8O2. The highest BCUT2D eigenvalue weighted by Crippen LogP contribution is 2.30. The van der Waals surface area contributed by atoms with Gasteiger partial charge in [-0.1, -0.05) is 60.7 Å². The van der Waals surface area contributed by atoms with Gasteiger partial charge < -0.3 is 4.57 Å². The largest absolute Gasteiger partial charge is 0.332 e. The molecule has 5 rings (SSSR count). The molecule has 10 nitrogen and oxygen atoms in total. The maximum atomic E-state index is 13.0.